The Kier molecular flexibility index (Phi) is 2.81. The van der Waals surface area contributed by atoms with Gasteiger partial charge >= 0.3 is 0 Å². The van der Waals surface area contributed by atoms with Crippen LogP contribution in [0.15, 0.2) is 18.2 Å². The first-order valence-electron chi connectivity index (χ1n) is 6.26. The third-order valence-corrected chi connectivity index (χ3v) is 3.73. The van der Waals surface area contributed by atoms with Crippen molar-refractivity contribution in [3.05, 3.63) is 29.3 Å². The van der Waals surface area contributed by atoms with Gasteiger partial charge in [0.2, 0.25) is 0 Å². The lowest BCUT2D eigenvalue weighted by atomic mass is 9.98. The van der Waals surface area contributed by atoms with Crippen LogP contribution in [0.5, 0.6) is 5.75 Å². The average Bonchev–Trinajstić information content (AvgIpc) is 3.07. The second-order valence-corrected chi connectivity index (χ2v) is 4.95. The van der Waals surface area contributed by atoms with Gasteiger partial charge in [0, 0.05) is 13.5 Å². The van der Waals surface area contributed by atoms with Gasteiger partial charge in [0.05, 0.1) is 12.7 Å². The molecule has 0 saturated heterocycles. The topological polar surface area (TPSA) is 38.7 Å². The van der Waals surface area contributed by atoms with Crippen molar-refractivity contribution in [1.82, 2.24) is 0 Å². The molecule has 1 aromatic rings. The lowest BCUT2D eigenvalue weighted by molar-refractivity contribution is -0.0259. The summed E-state index contributed by atoms with van der Waals surface area (Å²) in [5.41, 5.74) is 2.15. The first-order chi connectivity index (χ1) is 8.29. The third-order valence-electron chi connectivity index (χ3n) is 3.73. The van der Waals surface area contributed by atoms with Gasteiger partial charge in [0.1, 0.15) is 11.9 Å². The summed E-state index contributed by atoms with van der Waals surface area (Å²) in [6.07, 6.45) is 2.71. The van der Waals surface area contributed by atoms with Crippen LogP contribution in [0.3, 0.4) is 0 Å². The first-order valence-corrected chi connectivity index (χ1v) is 6.26. The van der Waals surface area contributed by atoms with E-state index in [1.54, 1.807) is 7.11 Å². The summed E-state index contributed by atoms with van der Waals surface area (Å²) in [4.78, 5) is 0. The molecule has 0 spiro atoms. The zero-order valence-corrected chi connectivity index (χ0v) is 10.1. The van der Waals surface area contributed by atoms with Crippen molar-refractivity contribution < 1.29 is 14.6 Å². The van der Waals surface area contributed by atoms with E-state index in [2.05, 4.69) is 6.07 Å². The number of methoxy groups -OCH3 is 1. The van der Waals surface area contributed by atoms with E-state index in [0.717, 1.165) is 24.3 Å². The number of ether oxygens (including phenoxy) is 2. The quantitative estimate of drug-likeness (QED) is 0.867. The molecule has 92 valence electrons. The number of benzene rings is 1. The highest BCUT2D eigenvalue weighted by molar-refractivity contribution is 5.40. The summed E-state index contributed by atoms with van der Waals surface area (Å²) in [7, 11) is 1.68. The summed E-state index contributed by atoms with van der Waals surface area (Å²) in [5, 5.41) is 10.4. The Balaban J connectivity index is 1.82. The van der Waals surface area contributed by atoms with Gasteiger partial charge in [-0.2, -0.15) is 0 Å². The van der Waals surface area contributed by atoms with Gasteiger partial charge in [-0.15, -0.1) is 0 Å². The van der Waals surface area contributed by atoms with Crippen LogP contribution in [0.2, 0.25) is 0 Å². The maximum Gasteiger partial charge on any atom is 0.122 e. The summed E-state index contributed by atoms with van der Waals surface area (Å²) in [6.45, 7) is 0.755. The molecular formula is C14H18O3. The van der Waals surface area contributed by atoms with Crippen molar-refractivity contribution >= 4 is 0 Å². The van der Waals surface area contributed by atoms with Gasteiger partial charge in [0.15, 0.2) is 0 Å². The van der Waals surface area contributed by atoms with Crippen LogP contribution in [0.4, 0.5) is 0 Å². The van der Waals surface area contributed by atoms with Crippen molar-refractivity contribution in [1.29, 1.82) is 0 Å². The van der Waals surface area contributed by atoms with E-state index in [-0.39, 0.29) is 6.10 Å². The molecule has 1 N–H and O–H groups in total. The minimum Gasteiger partial charge on any atom is -0.493 e. The number of fused-ring (bicyclic) bond motifs is 1. The number of aliphatic hydroxyl groups is 1. The van der Waals surface area contributed by atoms with E-state index in [4.69, 9.17) is 9.47 Å². The molecule has 2 atom stereocenters. The number of aliphatic hydroxyl groups excluding tert-OH is 1. The zero-order valence-electron chi connectivity index (χ0n) is 10.1. The van der Waals surface area contributed by atoms with Crippen LogP contribution in [-0.2, 0) is 11.2 Å². The highest BCUT2D eigenvalue weighted by atomic mass is 16.5. The molecular weight excluding hydrogens is 216 g/mol. The largest absolute Gasteiger partial charge is 0.493 e. The van der Waals surface area contributed by atoms with Crippen LogP contribution in [-0.4, -0.2) is 24.9 Å². The molecule has 1 saturated carbocycles. The van der Waals surface area contributed by atoms with Gasteiger partial charge in [-0.05, 0) is 42.0 Å². The molecule has 2 unspecified atom stereocenters. The van der Waals surface area contributed by atoms with Crippen LogP contribution < -0.4 is 4.74 Å². The van der Waals surface area contributed by atoms with E-state index < -0.39 is 6.10 Å². The second-order valence-electron chi connectivity index (χ2n) is 4.95. The van der Waals surface area contributed by atoms with Gasteiger partial charge in [-0.25, -0.2) is 0 Å². The standard InChI is InChI=1S/C14H18O3/c1-16-14(9-2-3-9)13(15)11-4-5-12-10(8-11)6-7-17-12/h4-5,8-9,13-15H,2-3,6-7H2,1H3. The van der Waals surface area contributed by atoms with Crippen LogP contribution >= 0.6 is 0 Å². The van der Waals surface area contributed by atoms with Crippen LogP contribution in [0, 0.1) is 5.92 Å². The molecule has 1 aromatic carbocycles. The maximum absolute atomic E-state index is 10.4. The summed E-state index contributed by atoms with van der Waals surface area (Å²) >= 11 is 0. The van der Waals surface area contributed by atoms with Crippen molar-refractivity contribution in [3.8, 4) is 5.75 Å². The summed E-state index contributed by atoms with van der Waals surface area (Å²) in [6, 6.07) is 5.96. The van der Waals surface area contributed by atoms with Gasteiger partial charge in [0.25, 0.3) is 0 Å². The fourth-order valence-electron chi connectivity index (χ4n) is 2.58. The normalized spacial score (nSPS) is 21.8. The lowest BCUT2D eigenvalue weighted by Crippen LogP contribution is -2.23. The van der Waals surface area contributed by atoms with Gasteiger partial charge in [-0.3, -0.25) is 0 Å². The molecule has 1 fully saturated rings. The van der Waals surface area contributed by atoms with Crippen LogP contribution in [0.25, 0.3) is 0 Å². The first kappa shape index (κ1) is 11.1. The Labute approximate surface area is 101 Å². The molecule has 0 bridgehead atoms. The highest BCUT2D eigenvalue weighted by Gasteiger charge is 2.37. The van der Waals surface area contributed by atoms with E-state index in [9.17, 15) is 5.11 Å². The highest BCUT2D eigenvalue weighted by Crippen LogP contribution is 2.40. The molecule has 0 aromatic heterocycles. The molecule has 3 nitrogen and oxygen atoms in total. The zero-order chi connectivity index (χ0) is 11.8. The SMILES string of the molecule is COC(C1CC1)C(O)c1ccc2c(c1)CCO2. The van der Waals surface area contributed by atoms with E-state index in [1.165, 1.54) is 18.4 Å². The van der Waals surface area contributed by atoms with Crippen molar-refractivity contribution in [3.63, 3.8) is 0 Å². The molecule has 1 heterocycles. The number of hydrogen-bond donors (Lipinski definition) is 1. The predicted molar refractivity (Wildman–Crippen MR) is 64.1 cm³/mol. The predicted octanol–water partition coefficient (Wildman–Crippen LogP) is 2.08. The fraction of sp³-hybridized carbons (Fsp3) is 0.571. The van der Waals surface area contributed by atoms with Crippen LogP contribution in [0.1, 0.15) is 30.1 Å². The monoisotopic (exact) mass is 234 g/mol. The van der Waals surface area contributed by atoms with Gasteiger partial charge < -0.3 is 14.6 Å². The Morgan fingerprint density at radius 2 is 2.24 bits per heavy atom. The molecule has 2 aliphatic rings. The van der Waals surface area contributed by atoms with Crippen molar-refractivity contribution in [2.24, 2.45) is 5.92 Å². The Bertz CT molecular complexity index is 412. The molecule has 3 rings (SSSR count). The van der Waals surface area contributed by atoms with Gasteiger partial charge in [-0.1, -0.05) is 6.07 Å². The molecule has 1 aliphatic carbocycles. The Morgan fingerprint density at radius 3 is 2.94 bits per heavy atom. The van der Waals surface area contributed by atoms with E-state index in [0.29, 0.717) is 5.92 Å². The third kappa shape index (κ3) is 2.05. The number of rotatable bonds is 4. The van der Waals surface area contributed by atoms with E-state index >= 15 is 0 Å². The van der Waals surface area contributed by atoms with Crippen molar-refractivity contribution in [2.45, 2.75) is 31.5 Å². The second kappa shape index (κ2) is 4.31. The molecule has 0 radical (unpaired) electrons. The minimum absolute atomic E-state index is 0.0598. The smallest absolute Gasteiger partial charge is 0.122 e. The lowest BCUT2D eigenvalue weighted by Gasteiger charge is -2.22. The molecule has 0 amide bonds. The Hall–Kier alpha value is -1.06. The molecule has 17 heavy (non-hydrogen) atoms. The summed E-state index contributed by atoms with van der Waals surface area (Å²) < 4.78 is 10.9. The van der Waals surface area contributed by atoms with Crippen molar-refractivity contribution in [2.75, 3.05) is 13.7 Å². The fourth-order valence-corrected chi connectivity index (χ4v) is 2.58. The minimum atomic E-state index is -0.515. The Morgan fingerprint density at radius 1 is 1.41 bits per heavy atom. The maximum atomic E-state index is 10.4. The molecule has 1 aliphatic heterocycles. The summed E-state index contributed by atoms with van der Waals surface area (Å²) in [5.74, 6) is 1.49. The van der Waals surface area contributed by atoms with E-state index in [1.807, 2.05) is 12.1 Å². The molecule has 3 heteroatoms. The average molecular weight is 234 g/mol. The number of hydrogen-bond acceptors (Lipinski definition) is 3.